The largest absolute Gasteiger partial charge is 0.463 e. The Hall–Kier alpha value is -3.65. The predicted octanol–water partition coefficient (Wildman–Crippen LogP) is 6.24. The second-order valence-electron chi connectivity index (χ2n) is 11.5. The zero-order valence-corrected chi connectivity index (χ0v) is 26.9. The van der Waals surface area contributed by atoms with Crippen LogP contribution in [0, 0.1) is 23.5 Å². The van der Waals surface area contributed by atoms with Crippen molar-refractivity contribution < 1.29 is 27.6 Å². The number of halogens is 3. The van der Waals surface area contributed by atoms with E-state index in [1.165, 1.54) is 12.1 Å². The van der Waals surface area contributed by atoms with Crippen molar-refractivity contribution >= 4 is 39.3 Å². The summed E-state index contributed by atoms with van der Waals surface area (Å²) < 4.78 is 47.8. The predicted molar refractivity (Wildman–Crippen MR) is 169 cm³/mol. The first-order valence-electron chi connectivity index (χ1n) is 14.0. The van der Waals surface area contributed by atoms with Gasteiger partial charge in [-0.25, -0.2) is 13.8 Å². The molecule has 2 aromatic heterocycles. The molecule has 2 aromatic carbocycles. The summed E-state index contributed by atoms with van der Waals surface area (Å²) in [6.45, 7) is 6.57. The molecule has 0 aliphatic carbocycles. The molecule has 1 unspecified atom stereocenters. The summed E-state index contributed by atoms with van der Waals surface area (Å²) in [5.74, 6) is 3.17. The summed E-state index contributed by atoms with van der Waals surface area (Å²) in [6, 6.07) is 10.3. The van der Waals surface area contributed by atoms with Crippen LogP contribution in [-0.2, 0) is 39.6 Å². The standard InChI is InChI=1S/C33H34ClF2N3O4S/c1-19(2)43-29(40)16-21(13-20-14-22(35)17-23(36)15-20)31-25(8-7-24(37-31)11-12-33(3,4)41)26-9-10-27(34)30-28(18-44(6)42)38-39(5)32(26)30/h7-10,14-15,17,19,21,41H,13,16,18H2,1-6H3/t21-,44?/m1/s1. The Labute approximate surface area is 263 Å². The quantitative estimate of drug-likeness (QED) is 0.172. The number of esters is 1. The number of benzene rings is 2. The molecule has 0 saturated heterocycles. The van der Waals surface area contributed by atoms with Gasteiger partial charge < -0.3 is 9.84 Å². The average Bonchev–Trinajstić information content (AvgIpc) is 3.21. The summed E-state index contributed by atoms with van der Waals surface area (Å²) in [4.78, 5) is 17.9. The summed E-state index contributed by atoms with van der Waals surface area (Å²) in [7, 11) is 0.581. The third kappa shape index (κ3) is 8.29. The number of fused-ring (bicyclic) bond motifs is 1. The molecule has 7 nitrogen and oxygen atoms in total. The van der Waals surface area contributed by atoms with Gasteiger partial charge in [0.25, 0.3) is 0 Å². The number of hydrogen-bond donors (Lipinski definition) is 1. The van der Waals surface area contributed by atoms with Crippen LogP contribution in [-0.4, -0.2) is 48.0 Å². The van der Waals surface area contributed by atoms with E-state index in [0.29, 0.717) is 49.7 Å². The molecule has 1 N–H and O–H groups in total. The van der Waals surface area contributed by atoms with Crippen molar-refractivity contribution in [2.24, 2.45) is 7.05 Å². The van der Waals surface area contributed by atoms with Gasteiger partial charge in [0.2, 0.25) is 0 Å². The number of carbonyl (C=O) groups excluding carboxylic acids is 1. The number of ether oxygens (including phenoxy) is 1. The second-order valence-corrected chi connectivity index (χ2v) is 13.3. The molecule has 232 valence electrons. The van der Waals surface area contributed by atoms with Crippen LogP contribution in [0.15, 0.2) is 42.5 Å². The van der Waals surface area contributed by atoms with E-state index in [2.05, 4.69) is 16.9 Å². The van der Waals surface area contributed by atoms with Gasteiger partial charge in [0.15, 0.2) is 0 Å². The average molecular weight is 642 g/mol. The first kappa shape index (κ1) is 33.2. The molecule has 11 heteroatoms. The number of aliphatic hydroxyl groups is 1. The van der Waals surface area contributed by atoms with E-state index in [1.807, 2.05) is 6.07 Å². The smallest absolute Gasteiger partial charge is 0.306 e. The van der Waals surface area contributed by atoms with Crippen LogP contribution in [0.25, 0.3) is 22.0 Å². The lowest BCUT2D eigenvalue weighted by atomic mass is 9.87. The number of hydrogen-bond acceptors (Lipinski definition) is 6. The first-order chi connectivity index (χ1) is 20.6. The Morgan fingerprint density at radius 2 is 1.80 bits per heavy atom. The van der Waals surface area contributed by atoms with Gasteiger partial charge in [-0.2, -0.15) is 5.10 Å². The van der Waals surface area contributed by atoms with Crippen molar-refractivity contribution in [1.82, 2.24) is 14.8 Å². The molecule has 0 radical (unpaired) electrons. The van der Waals surface area contributed by atoms with Crippen molar-refractivity contribution in [2.45, 2.75) is 63.9 Å². The molecular formula is C33H34ClF2N3O4S. The second kappa shape index (κ2) is 13.6. The Morgan fingerprint density at radius 3 is 2.41 bits per heavy atom. The lowest BCUT2D eigenvalue weighted by Crippen LogP contribution is -2.18. The number of aryl methyl sites for hydroxylation is 1. The van der Waals surface area contributed by atoms with E-state index in [1.54, 1.807) is 63.9 Å². The third-order valence-electron chi connectivity index (χ3n) is 6.63. The molecule has 2 atom stereocenters. The Balaban J connectivity index is 1.99. The molecule has 0 saturated carbocycles. The topological polar surface area (TPSA) is 94.3 Å². The fourth-order valence-corrected chi connectivity index (χ4v) is 5.91. The zero-order valence-electron chi connectivity index (χ0n) is 25.4. The summed E-state index contributed by atoms with van der Waals surface area (Å²) >= 11 is 6.64. The van der Waals surface area contributed by atoms with E-state index < -0.39 is 39.9 Å². The SMILES string of the molecule is CC(C)OC(=O)C[C@@H](Cc1cc(F)cc(F)c1)c1nc(C#CC(C)(C)O)ccc1-c1ccc(Cl)c2c(CS(C)=O)nn(C)c12. The Morgan fingerprint density at radius 1 is 1.14 bits per heavy atom. The van der Waals surface area contributed by atoms with Gasteiger partial charge in [-0.1, -0.05) is 23.6 Å². The highest BCUT2D eigenvalue weighted by molar-refractivity contribution is 7.83. The van der Waals surface area contributed by atoms with E-state index in [4.69, 9.17) is 21.3 Å². The number of nitrogens with zero attached hydrogens (tertiary/aromatic N) is 3. The normalized spacial score (nSPS) is 13.1. The van der Waals surface area contributed by atoms with Crippen LogP contribution in [0.3, 0.4) is 0 Å². The van der Waals surface area contributed by atoms with Crippen LogP contribution in [0.1, 0.15) is 62.7 Å². The molecule has 0 fully saturated rings. The Bertz CT molecular complexity index is 1780. The van der Waals surface area contributed by atoms with Crippen LogP contribution < -0.4 is 0 Å². The van der Waals surface area contributed by atoms with E-state index >= 15 is 0 Å². The van der Waals surface area contributed by atoms with E-state index in [9.17, 15) is 22.9 Å². The van der Waals surface area contributed by atoms with E-state index in [0.717, 1.165) is 6.07 Å². The minimum absolute atomic E-state index is 0.0619. The lowest BCUT2D eigenvalue weighted by molar-refractivity contribution is -0.147. The van der Waals surface area contributed by atoms with Crippen molar-refractivity contribution in [2.75, 3.05) is 6.26 Å². The highest BCUT2D eigenvalue weighted by Gasteiger charge is 2.27. The van der Waals surface area contributed by atoms with Crippen LogP contribution in [0.5, 0.6) is 0 Å². The Kier molecular flexibility index (Phi) is 10.2. The van der Waals surface area contributed by atoms with Crippen molar-refractivity contribution in [3.63, 3.8) is 0 Å². The maximum Gasteiger partial charge on any atom is 0.306 e. The van der Waals surface area contributed by atoms with Gasteiger partial charge in [0, 0.05) is 52.6 Å². The number of aromatic nitrogens is 3. The summed E-state index contributed by atoms with van der Waals surface area (Å²) in [5, 5.41) is 15.9. The molecule has 0 aliphatic rings. The monoisotopic (exact) mass is 641 g/mol. The van der Waals surface area contributed by atoms with Gasteiger partial charge >= 0.3 is 5.97 Å². The number of pyridine rings is 1. The van der Waals surface area contributed by atoms with Crippen LogP contribution >= 0.6 is 11.6 Å². The van der Waals surface area contributed by atoms with Crippen LogP contribution in [0.4, 0.5) is 8.78 Å². The fourth-order valence-electron chi connectivity index (χ4n) is 5.06. The van der Waals surface area contributed by atoms with Crippen molar-refractivity contribution in [3.05, 3.63) is 81.8 Å². The fraction of sp³-hybridized carbons (Fsp3) is 0.364. The van der Waals surface area contributed by atoms with Gasteiger partial charge in [-0.15, -0.1) is 0 Å². The molecule has 2 heterocycles. The zero-order chi connectivity index (χ0) is 32.3. The summed E-state index contributed by atoms with van der Waals surface area (Å²) in [6.07, 6.45) is 1.14. The lowest BCUT2D eigenvalue weighted by Gasteiger charge is -2.21. The highest BCUT2D eigenvalue weighted by Crippen LogP contribution is 2.39. The molecule has 4 rings (SSSR count). The molecular weight excluding hydrogens is 608 g/mol. The molecule has 0 aliphatic heterocycles. The van der Waals surface area contributed by atoms with Gasteiger partial charge in [-0.3, -0.25) is 13.7 Å². The summed E-state index contributed by atoms with van der Waals surface area (Å²) in [5.41, 5.74) is 2.35. The minimum atomic E-state index is -1.28. The molecule has 0 spiro atoms. The molecule has 4 aromatic rings. The number of rotatable bonds is 9. The third-order valence-corrected chi connectivity index (χ3v) is 7.63. The molecule has 0 bridgehead atoms. The maximum atomic E-state index is 14.3. The van der Waals surface area contributed by atoms with Crippen molar-refractivity contribution in [3.8, 4) is 23.0 Å². The van der Waals surface area contributed by atoms with Gasteiger partial charge in [-0.05, 0) is 75.9 Å². The van der Waals surface area contributed by atoms with Crippen LogP contribution in [0.2, 0.25) is 5.02 Å². The van der Waals surface area contributed by atoms with Gasteiger partial charge in [0.1, 0.15) is 22.9 Å². The maximum absolute atomic E-state index is 14.3. The highest BCUT2D eigenvalue weighted by atomic mass is 35.5. The first-order valence-corrected chi connectivity index (χ1v) is 16.1. The molecule has 0 amide bonds. The number of carbonyl (C=O) groups is 1. The minimum Gasteiger partial charge on any atom is -0.463 e. The van der Waals surface area contributed by atoms with Crippen molar-refractivity contribution in [1.29, 1.82) is 0 Å². The van der Waals surface area contributed by atoms with E-state index in [-0.39, 0.29) is 24.7 Å². The van der Waals surface area contributed by atoms with Gasteiger partial charge in [0.05, 0.1) is 40.2 Å². The molecule has 44 heavy (non-hydrogen) atoms.